The minimum absolute atomic E-state index is 0.0874. The first kappa shape index (κ1) is 20.9. The standard InChI is InChI=1S/C24H30N2O3/c1-4-21(26-14-13-19-7-5-6-8-20(19)17-26)16-25-24(27)12-10-18-9-11-22(28-2)23(15-18)29-3/h5-12,15,21H,4,13-14,16-17H2,1-3H3,(H,25,27)/b12-10+. The van der Waals surface area contributed by atoms with Gasteiger partial charge < -0.3 is 14.8 Å². The van der Waals surface area contributed by atoms with E-state index in [9.17, 15) is 4.79 Å². The summed E-state index contributed by atoms with van der Waals surface area (Å²) in [6, 6.07) is 14.5. The Morgan fingerprint density at radius 1 is 1.14 bits per heavy atom. The van der Waals surface area contributed by atoms with Crippen LogP contribution in [0, 0.1) is 0 Å². The van der Waals surface area contributed by atoms with E-state index in [0.29, 0.717) is 24.1 Å². The van der Waals surface area contributed by atoms with Crippen molar-refractivity contribution in [3.05, 3.63) is 65.2 Å². The second-order valence-corrected chi connectivity index (χ2v) is 7.24. The van der Waals surface area contributed by atoms with Crippen molar-refractivity contribution in [3.8, 4) is 11.5 Å². The lowest BCUT2D eigenvalue weighted by Gasteiger charge is -2.35. The molecule has 1 aliphatic heterocycles. The summed E-state index contributed by atoms with van der Waals surface area (Å²) in [5, 5.41) is 3.05. The van der Waals surface area contributed by atoms with E-state index in [2.05, 4.69) is 41.4 Å². The highest BCUT2D eigenvalue weighted by Gasteiger charge is 2.22. The summed E-state index contributed by atoms with van der Waals surface area (Å²) in [6.07, 6.45) is 5.43. The zero-order chi connectivity index (χ0) is 20.6. The number of carbonyl (C=O) groups is 1. The van der Waals surface area contributed by atoms with Crippen LogP contribution in [-0.2, 0) is 17.8 Å². The van der Waals surface area contributed by atoms with Crippen LogP contribution in [0.3, 0.4) is 0 Å². The predicted octanol–water partition coefficient (Wildman–Crippen LogP) is 3.67. The highest BCUT2D eigenvalue weighted by Crippen LogP contribution is 2.28. The van der Waals surface area contributed by atoms with E-state index < -0.39 is 0 Å². The van der Waals surface area contributed by atoms with Gasteiger partial charge in [0, 0.05) is 31.8 Å². The van der Waals surface area contributed by atoms with Crippen molar-refractivity contribution >= 4 is 12.0 Å². The summed E-state index contributed by atoms with van der Waals surface area (Å²) in [5.74, 6) is 1.23. The lowest BCUT2D eigenvalue weighted by Crippen LogP contribution is -2.45. The molecule has 0 saturated heterocycles. The van der Waals surface area contributed by atoms with E-state index in [1.807, 2.05) is 18.2 Å². The molecule has 0 saturated carbocycles. The predicted molar refractivity (Wildman–Crippen MR) is 116 cm³/mol. The molecular weight excluding hydrogens is 364 g/mol. The molecule has 0 spiro atoms. The van der Waals surface area contributed by atoms with Gasteiger partial charge in [0.25, 0.3) is 0 Å². The number of nitrogens with one attached hydrogen (secondary N) is 1. The molecular formula is C24H30N2O3. The number of hydrogen-bond donors (Lipinski definition) is 1. The van der Waals surface area contributed by atoms with Crippen molar-refractivity contribution in [2.75, 3.05) is 27.3 Å². The monoisotopic (exact) mass is 394 g/mol. The number of rotatable bonds is 8. The van der Waals surface area contributed by atoms with Gasteiger partial charge >= 0.3 is 0 Å². The summed E-state index contributed by atoms with van der Waals surface area (Å²) in [7, 11) is 3.20. The van der Waals surface area contributed by atoms with E-state index in [4.69, 9.17) is 9.47 Å². The van der Waals surface area contributed by atoms with Gasteiger partial charge in [-0.15, -0.1) is 0 Å². The molecule has 1 amide bonds. The van der Waals surface area contributed by atoms with Crippen LogP contribution >= 0.6 is 0 Å². The molecule has 2 aromatic carbocycles. The maximum absolute atomic E-state index is 12.3. The maximum atomic E-state index is 12.3. The van der Waals surface area contributed by atoms with Gasteiger partial charge in [-0.3, -0.25) is 9.69 Å². The Labute approximate surface area is 173 Å². The smallest absolute Gasteiger partial charge is 0.244 e. The Morgan fingerprint density at radius 2 is 1.90 bits per heavy atom. The van der Waals surface area contributed by atoms with Gasteiger partial charge in [0.05, 0.1) is 14.2 Å². The lowest BCUT2D eigenvalue weighted by molar-refractivity contribution is -0.116. The molecule has 29 heavy (non-hydrogen) atoms. The summed E-state index contributed by atoms with van der Waals surface area (Å²) in [5.41, 5.74) is 3.73. The second-order valence-electron chi connectivity index (χ2n) is 7.24. The summed E-state index contributed by atoms with van der Waals surface area (Å²) >= 11 is 0. The first-order valence-electron chi connectivity index (χ1n) is 10.1. The molecule has 2 aromatic rings. The van der Waals surface area contributed by atoms with E-state index >= 15 is 0 Å². The average Bonchev–Trinajstić information content (AvgIpc) is 2.77. The molecule has 1 aliphatic rings. The third kappa shape index (κ3) is 5.39. The van der Waals surface area contributed by atoms with E-state index in [-0.39, 0.29) is 5.91 Å². The topological polar surface area (TPSA) is 50.8 Å². The molecule has 0 aliphatic carbocycles. The van der Waals surface area contributed by atoms with Crippen molar-refractivity contribution in [2.24, 2.45) is 0 Å². The second kappa shape index (κ2) is 10.1. The summed E-state index contributed by atoms with van der Waals surface area (Å²) in [6.45, 7) is 4.81. The maximum Gasteiger partial charge on any atom is 0.244 e. The lowest BCUT2D eigenvalue weighted by atomic mass is 9.98. The average molecular weight is 395 g/mol. The number of methoxy groups -OCH3 is 2. The molecule has 1 unspecified atom stereocenters. The number of benzene rings is 2. The fourth-order valence-corrected chi connectivity index (χ4v) is 3.77. The molecule has 5 nitrogen and oxygen atoms in total. The third-order valence-electron chi connectivity index (χ3n) is 5.49. The molecule has 0 aromatic heterocycles. The SMILES string of the molecule is CCC(CNC(=O)/C=C/c1ccc(OC)c(OC)c1)N1CCc2ccccc2C1. The number of ether oxygens (including phenoxy) is 2. The number of nitrogens with zero attached hydrogens (tertiary/aromatic N) is 1. The first-order chi connectivity index (χ1) is 14.1. The Bertz CT molecular complexity index is 863. The van der Waals surface area contributed by atoms with Crippen LogP contribution in [0.15, 0.2) is 48.5 Å². The summed E-state index contributed by atoms with van der Waals surface area (Å²) in [4.78, 5) is 14.8. The highest BCUT2D eigenvalue weighted by molar-refractivity contribution is 5.91. The van der Waals surface area contributed by atoms with Crippen LogP contribution in [0.1, 0.15) is 30.0 Å². The fraction of sp³-hybridized carbons (Fsp3) is 0.375. The van der Waals surface area contributed by atoms with Crippen LogP contribution in [-0.4, -0.2) is 44.2 Å². The van der Waals surface area contributed by atoms with Crippen molar-refractivity contribution in [1.29, 1.82) is 0 Å². The Balaban J connectivity index is 1.55. The molecule has 3 rings (SSSR count). The minimum atomic E-state index is -0.0874. The number of hydrogen-bond acceptors (Lipinski definition) is 4. The largest absolute Gasteiger partial charge is 0.493 e. The van der Waals surface area contributed by atoms with Crippen molar-refractivity contribution < 1.29 is 14.3 Å². The zero-order valence-electron chi connectivity index (χ0n) is 17.5. The molecule has 0 fully saturated rings. The Hall–Kier alpha value is -2.79. The molecule has 0 bridgehead atoms. The van der Waals surface area contributed by atoms with E-state index in [1.54, 1.807) is 26.4 Å². The number of fused-ring (bicyclic) bond motifs is 1. The van der Waals surface area contributed by atoms with Gasteiger partial charge in [-0.25, -0.2) is 0 Å². The zero-order valence-corrected chi connectivity index (χ0v) is 17.5. The molecule has 0 radical (unpaired) electrons. The Kier molecular flexibility index (Phi) is 7.30. The van der Waals surface area contributed by atoms with Crippen molar-refractivity contribution in [3.63, 3.8) is 0 Å². The number of amides is 1. The minimum Gasteiger partial charge on any atom is -0.493 e. The van der Waals surface area contributed by atoms with Gasteiger partial charge in [0.1, 0.15) is 0 Å². The van der Waals surface area contributed by atoms with Gasteiger partial charge in [-0.2, -0.15) is 0 Å². The van der Waals surface area contributed by atoms with E-state index in [0.717, 1.165) is 31.5 Å². The van der Waals surface area contributed by atoms with Crippen LogP contribution in [0.2, 0.25) is 0 Å². The first-order valence-corrected chi connectivity index (χ1v) is 10.1. The van der Waals surface area contributed by atoms with Gasteiger partial charge in [-0.1, -0.05) is 37.3 Å². The van der Waals surface area contributed by atoms with Crippen LogP contribution in [0.25, 0.3) is 6.08 Å². The molecule has 154 valence electrons. The quantitative estimate of drug-likeness (QED) is 0.694. The van der Waals surface area contributed by atoms with Gasteiger partial charge in [0.2, 0.25) is 5.91 Å². The van der Waals surface area contributed by atoms with Crippen molar-refractivity contribution in [1.82, 2.24) is 10.2 Å². The molecule has 1 N–H and O–H groups in total. The third-order valence-corrected chi connectivity index (χ3v) is 5.49. The molecule has 5 heteroatoms. The van der Waals surface area contributed by atoms with Crippen molar-refractivity contribution in [2.45, 2.75) is 32.4 Å². The fourth-order valence-electron chi connectivity index (χ4n) is 3.77. The number of carbonyl (C=O) groups excluding carboxylic acids is 1. The molecule has 1 atom stereocenters. The van der Waals surface area contributed by atoms with Gasteiger partial charge in [-0.05, 0) is 47.7 Å². The normalized spacial score (nSPS) is 15.0. The van der Waals surface area contributed by atoms with Gasteiger partial charge in [0.15, 0.2) is 11.5 Å². The highest BCUT2D eigenvalue weighted by atomic mass is 16.5. The van der Waals surface area contributed by atoms with Crippen LogP contribution in [0.4, 0.5) is 0 Å². The Morgan fingerprint density at radius 3 is 2.62 bits per heavy atom. The molecule has 1 heterocycles. The summed E-state index contributed by atoms with van der Waals surface area (Å²) < 4.78 is 10.5. The van der Waals surface area contributed by atoms with E-state index in [1.165, 1.54) is 11.1 Å². The van der Waals surface area contributed by atoms with Crippen LogP contribution in [0.5, 0.6) is 11.5 Å². The van der Waals surface area contributed by atoms with Crippen LogP contribution < -0.4 is 14.8 Å².